The van der Waals surface area contributed by atoms with Gasteiger partial charge in [-0.05, 0) is 11.1 Å². The van der Waals surface area contributed by atoms with Gasteiger partial charge in [0.15, 0.2) is 0 Å². The molecule has 0 aliphatic heterocycles. The number of alkyl halides is 1. The SMILES string of the molecule is F[C@H]1C=C[C@@H](OCc2ccccc2)[C@@H](OCc2ccccc2)C1. The van der Waals surface area contributed by atoms with Gasteiger partial charge >= 0.3 is 0 Å². The quantitative estimate of drug-likeness (QED) is 0.733. The van der Waals surface area contributed by atoms with E-state index in [4.69, 9.17) is 9.47 Å². The third-order valence-corrected chi connectivity index (χ3v) is 3.93. The zero-order valence-electron chi connectivity index (χ0n) is 13.0. The van der Waals surface area contributed by atoms with Gasteiger partial charge in [-0.1, -0.05) is 72.8 Å². The molecule has 3 heteroatoms. The molecule has 1 aliphatic carbocycles. The van der Waals surface area contributed by atoms with Gasteiger partial charge in [-0.3, -0.25) is 0 Å². The monoisotopic (exact) mass is 312 g/mol. The lowest BCUT2D eigenvalue weighted by atomic mass is 10.00. The number of hydrogen-bond acceptors (Lipinski definition) is 2. The zero-order valence-corrected chi connectivity index (χ0v) is 13.0. The van der Waals surface area contributed by atoms with Crippen LogP contribution in [0.5, 0.6) is 0 Å². The van der Waals surface area contributed by atoms with Gasteiger partial charge in [0, 0.05) is 6.42 Å². The van der Waals surface area contributed by atoms with Gasteiger partial charge in [0.25, 0.3) is 0 Å². The Bertz CT molecular complexity index is 612. The van der Waals surface area contributed by atoms with E-state index in [0.717, 1.165) is 11.1 Å². The summed E-state index contributed by atoms with van der Waals surface area (Å²) < 4.78 is 25.5. The molecule has 0 heterocycles. The van der Waals surface area contributed by atoms with Crippen LogP contribution in [-0.2, 0) is 22.7 Å². The Kier molecular flexibility index (Phi) is 5.56. The normalized spacial score (nSPS) is 23.8. The van der Waals surface area contributed by atoms with Crippen molar-refractivity contribution >= 4 is 0 Å². The minimum Gasteiger partial charge on any atom is -0.370 e. The first-order valence-electron chi connectivity index (χ1n) is 7.95. The largest absolute Gasteiger partial charge is 0.370 e. The highest BCUT2D eigenvalue weighted by Gasteiger charge is 2.28. The van der Waals surface area contributed by atoms with Crippen LogP contribution in [0.4, 0.5) is 4.39 Å². The van der Waals surface area contributed by atoms with Crippen LogP contribution in [0.2, 0.25) is 0 Å². The predicted octanol–water partition coefficient (Wildman–Crippen LogP) is 4.46. The van der Waals surface area contributed by atoms with Crippen LogP contribution < -0.4 is 0 Å². The maximum absolute atomic E-state index is 13.7. The van der Waals surface area contributed by atoms with Crippen molar-refractivity contribution in [3.63, 3.8) is 0 Å². The molecule has 3 atom stereocenters. The smallest absolute Gasteiger partial charge is 0.121 e. The number of halogens is 1. The Morgan fingerprint density at radius 3 is 1.96 bits per heavy atom. The van der Waals surface area contributed by atoms with Crippen LogP contribution in [0, 0.1) is 0 Å². The van der Waals surface area contributed by atoms with Crippen LogP contribution in [0.15, 0.2) is 72.8 Å². The molecule has 2 aromatic rings. The van der Waals surface area contributed by atoms with Crippen LogP contribution in [0.1, 0.15) is 17.5 Å². The lowest BCUT2D eigenvalue weighted by molar-refractivity contribution is -0.0779. The van der Waals surface area contributed by atoms with Gasteiger partial charge in [-0.25, -0.2) is 4.39 Å². The van der Waals surface area contributed by atoms with Crippen LogP contribution in [0.3, 0.4) is 0 Å². The molecule has 0 spiro atoms. The van der Waals surface area contributed by atoms with E-state index in [-0.39, 0.29) is 12.2 Å². The lowest BCUT2D eigenvalue weighted by Crippen LogP contribution is -2.35. The van der Waals surface area contributed by atoms with E-state index >= 15 is 0 Å². The molecule has 120 valence electrons. The first-order valence-corrected chi connectivity index (χ1v) is 7.95. The Morgan fingerprint density at radius 2 is 1.35 bits per heavy atom. The van der Waals surface area contributed by atoms with Crippen LogP contribution in [-0.4, -0.2) is 18.4 Å². The topological polar surface area (TPSA) is 18.5 Å². The van der Waals surface area contributed by atoms with Crippen molar-refractivity contribution in [2.45, 2.75) is 38.0 Å². The summed E-state index contributed by atoms with van der Waals surface area (Å²) in [6.45, 7) is 0.968. The molecule has 1 aliphatic rings. The molecule has 0 saturated carbocycles. The summed E-state index contributed by atoms with van der Waals surface area (Å²) in [6, 6.07) is 19.9. The first-order chi connectivity index (χ1) is 11.3. The van der Waals surface area contributed by atoms with E-state index in [1.165, 1.54) is 0 Å². The summed E-state index contributed by atoms with van der Waals surface area (Å²) in [7, 11) is 0. The summed E-state index contributed by atoms with van der Waals surface area (Å²) in [5.41, 5.74) is 2.18. The highest BCUT2D eigenvalue weighted by Crippen LogP contribution is 2.23. The molecule has 3 rings (SSSR count). The molecule has 23 heavy (non-hydrogen) atoms. The summed E-state index contributed by atoms with van der Waals surface area (Å²) in [5, 5.41) is 0. The minimum atomic E-state index is -0.965. The fraction of sp³-hybridized carbons (Fsp3) is 0.300. The highest BCUT2D eigenvalue weighted by atomic mass is 19.1. The summed E-state index contributed by atoms with van der Waals surface area (Å²) in [5.74, 6) is 0. The Morgan fingerprint density at radius 1 is 0.783 bits per heavy atom. The van der Waals surface area contributed by atoms with E-state index in [9.17, 15) is 4.39 Å². The van der Waals surface area contributed by atoms with Crippen LogP contribution in [0.25, 0.3) is 0 Å². The third-order valence-electron chi connectivity index (χ3n) is 3.93. The van der Waals surface area contributed by atoms with Gasteiger partial charge in [0.05, 0.1) is 19.3 Å². The Hall–Kier alpha value is -1.97. The second-order valence-electron chi connectivity index (χ2n) is 5.73. The number of allylic oxidation sites excluding steroid dienone is 1. The number of ether oxygens (including phenoxy) is 2. The van der Waals surface area contributed by atoms with E-state index in [2.05, 4.69) is 0 Å². The maximum atomic E-state index is 13.7. The molecule has 0 N–H and O–H groups in total. The van der Waals surface area contributed by atoms with E-state index in [0.29, 0.717) is 19.6 Å². The molecule has 0 radical (unpaired) electrons. The maximum Gasteiger partial charge on any atom is 0.121 e. The molecule has 0 unspecified atom stereocenters. The van der Waals surface area contributed by atoms with E-state index in [1.807, 2.05) is 60.7 Å². The predicted molar refractivity (Wildman–Crippen MR) is 88.7 cm³/mol. The number of benzene rings is 2. The molecule has 0 amide bonds. The molecule has 0 aromatic heterocycles. The third kappa shape index (κ3) is 4.75. The summed E-state index contributed by atoms with van der Waals surface area (Å²) in [4.78, 5) is 0. The second kappa shape index (κ2) is 8.04. The molecular weight excluding hydrogens is 291 g/mol. The van der Waals surface area contributed by atoms with Gasteiger partial charge in [0.2, 0.25) is 0 Å². The molecule has 0 bridgehead atoms. The lowest BCUT2D eigenvalue weighted by Gasteiger charge is -2.29. The van der Waals surface area contributed by atoms with Gasteiger partial charge in [0.1, 0.15) is 12.3 Å². The molecule has 2 aromatic carbocycles. The number of hydrogen-bond donors (Lipinski definition) is 0. The Balaban J connectivity index is 1.58. The minimum absolute atomic E-state index is 0.217. The molecule has 0 fully saturated rings. The second-order valence-corrected chi connectivity index (χ2v) is 5.73. The van der Waals surface area contributed by atoms with Gasteiger partial charge < -0.3 is 9.47 Å². The van der Waals surface area contributed by atoms with Crippen molar-refractivity contribution < 1.29 is 13.9 Å². The fourth-order valence-corrected chi connectivity index (χ4v) is 2.66. The average Bonchev–Trinajstić information content (AvgIpc) is 2.61. The fourth-order valence-electron chi connectivity index (χ4n) is 2.66. The molecule has 2 nitrogen and oxygen atoms in total. The molecule has 0 saturated heterocycles. The van der Waals surface area contributed by atoms with Crippen molar-refractivity contribution in [2.24, 2.45) is 0 Å². The zero-order chi connectivity index (χ0) is 15.9. The number of rotatable bonds is 6. The van der Waals surface area contributed by atoms with Crippen molar-refractivity contribution in [2.75, 3.05) is 0 Å². The van der Waals surface area contributed by atoms with E-state index < -0.39 is 6.17 Å². The Labute approximate surface area is 136 Å². The van der Waals surface area contributed by atoms with Crippen molar-refractivity contribution in [1.82, 2.24) is 0 Å². The molecular formula is C20H21FO2. The van der Waals surface area contributed by atoms with Gasteiger partial charge in [-0.2, -0.15) is 0 Å². The van der Waals surface area contributed by atoms with Crippen molar-refractivity contribution in [3.05, 3.63) is 83.9 Å². The van der Waals surface area contributed by atoms with Gasteiger partial charge in [-0.15, -0.1) is 0 Å². The first kappa shape index (κ1) is 15.9. The summed E-state index contributed by atoms with van der Waals surface area (Å²) >= 11 is 0. The average molecular weight is 312 g/mol. The van der Waals surface area contributed by atoms with Crippen molar-refractivity contribution in [3.8, 4) is 0 Å². The van der Waals surface area contributed by atoms with Crippen molar-refractivity contribution in [1.29, 1.82) is 0 Å². The van der Waals surface area contributed by atoms with Crippen LogP contribution >= 0.6 is 0 Å². The van der Waals surface area contributed by atoms with E-state index in [1.54, 1.807) is 12.2 Å². The standard InChI is InChI=1S/C20H21FO2/c21-18-11-12-19(22-14-16-7-3-1-4-8-16)20(13-18)23-15-17-9-5-2-6-10-17/h1-12,18-20H,13-15H2/t18-,19+,20-/m0/s1. The summed E-state index contributed by atoms with van der Waals surface area (Å²) in [6.07, 6.45) is 2.24. The highest BCUT2D eigenvalue weighted by molar-refractivity contribution is 5.15.